The molecule has 0 aliphatic heterocycles. The molecule has 7 heteroatoms. The molecule has 0 spiro atoms. The minimum atomic E-state index is -4.34. The van der Waals surface area contributed by atoms with Gasteiger partial charge in [0.2, 0.25) is 5.91 Å². The Morgan fingerprint density at radius 3 is 2.45 bits per heavy atom. The van der Waals surface area contributed by atoms with Gasteiger partial charge in [-0.2, -0.15) is 13.2 Å². The Bertz CT molecular complexity index is 409. The second kappa shape index (κ2) is 7.86. The average Bonchev–Trinajstić information content (AvgIpc) is 2.36. The van der Waals surface area contributed by atoms with Gasteiger partial charge in [-0.25, -0.2) is 0 Å². The van der Waals surface area contributed by atoms with Crippen LogP contribution in [0.2, 0.25) is 0 Å². The molecule has 0 bridgehead atoms. The van der Waals surface area contributed by atoms with Crippen molar-refractivity contribution >= 4 is 5.91 Å². The van der Waals surface area contributed by atoms with Crippen LogP contribution >= 0.6 is 0 Å². The molecule has 0 aliphatic carbocycles. The molecule has 112 valence electrons. The SMILES string of the molecule is NCCN(CC(=O)NCc1ccccc1)CC(F)(F)F. The van der Waals surface area contributed by atoms with Crippen LogP contribution in [0.3, 0.4) is 0 Å². The molecule has 4 nitrogen and oxygen atoms in total. The number of nitrogens with zero attached hydrogens (tertiary/aromatic N) is 1. The van der Waals surface area contributed by atoms with Gasteiger partial charge in [0.1, 0.15) is 0 Å². The number of alkyl halides is 3. The number of hydrogen-bond acceptors (Lipinski definition) is 3. The molecule has 0 heterocycles. The Morgan fingerprint density at radius 2 is 1.90 bits per heavy atom. The molecule has 3 N–H and O–H groups in total. The van der Waals surface area contributed by atoms with Gasteiger partial charge in [-0.05, 0) is 5.56 Å². The second-order valence-corrected chi connectivity index (χ2v) is 4.38. The first kappa shape index (κ1) is 16.5. The van der Waals surface area contributed by atoms with Crippen molar-refractivity contribution in [3.63, 3.8) is 0 Å². The first-order valence-corrected chi connectivity index (χ1v) is 6.20. The molecule has 0 aromatic heterocycles. The van der Waals surface area contributed by atoms with Crippen molar-refractivity contribution in [2.45, 2.75) is 12.7 Å². The molecule has 1 aromatic carbocycles. The number of carbonyl (C=O) groups is 1. The van der Waals surface area contributed by atoms with Crippen LogP contribution in [0.4, 0.5) is 13.2 Å². The molecule has 0 atom stereocenters. The summed E-state index contributed by atoms with van der Waals surface area (Å²) in [4.78, 5) is 12.6. The number of nitrogens with two attached hydrogens (primary N) is 1. The highest BCUT2D eigenvalue weighted by atomic mass is 19.4. The maximum absolute atomic E-state index is 12.3. The zero-order valence-corrected chi connectivity index (χ0v) is 11.0. The average molecular weight is 289 g/mol. The predicted molar refractivity (Wildman–Crippen MR) is 69.8 cm³/mol. The number of carbonyl (C=O) groups excluding carboxylic acids is 1. The van der Waals surface area contributed by atoms with Crippen LogP contribution < -0.4 is 11.1 Å². The van der Waals surface area contributed by atoms with Gasteiger partial charge < -0.3 is 11.1 Å². The molecular formula is C13H18F3N3O. The zero-order chi connectivity index (χ0) is 15.0. The number of halogens is 3. The van der Waals surface area contributed by atoms with Crippen LogP contribution in [-0.4, -0.2) is 43.2 Å². The van der Waals surface area contributed by atoms with E-state index in [0.717, 1.165) is 10.5 Å². The Kier molecular flexibility index (Phi) is 6.47. The van der Waals surface area contributed by atoms with E-state index in [2.05, 4.69) is 5.32 Å². The third kappa shape index (κ3) is 7.10. The van der Waals surface area contributed by atoms with Crippen LogP contribution in [-0.2, 0) is 11.3 Å². The van der Waals surface area contributed by atoms with Gasteiger partial charge in [-0.3, -0.25) is 9.69 Å². The zero-order valence-electron chi connectivity index (χ0n) is 11.0. The van der Waals surface area contributed by atoms with Gasteiger partial charge in [0.05, 0.1) is 13.1 Å². The Labute approximate surface area is 115 Å². The van der Waals surface area contributed by atoms with Crippen molar-refractivity contribution in [2.75, 3.05) is 26.2 Å². The highest BCUT2D eigenvalue weighted by Crippen LogP contribution is 2.15. The van der Waals surface area contributed by atoms with E-state index < -0.39 is 18.6 Å². The Balaban J connectivity index is 2.41. The lowest BCUT2D eigenvalue weighted by Gasteiger charge is -2.22. The topological polar surface area (TPSA) is 58.4 Å². The van der Waals surface area contributed by atoms with E-state index in [0.29, 0.717) is 6.54 Å². The number of nitrogens with one attached hydrogen (secondary N) is 1. The number of benzene rings is 1. The van der Waals surface area contributed by atoms with E-state index >= 15 is 0 Å². The van der Waals surface area contributed by atoms with Crippen LogP contribution in [0.5, 0.6) is 0 Å². The summed E-state index contributed by atoms with van der Waals surface area (Å²) >= 11 is 0. The van der Waals surface area contributed by atoms with Crippen LogP contribution in [0.25, 0.3) is 0 Å². The van der Waals surface area contributed by atoms with E-state index in [4.69, 9.17) is 5.73 Å². The third-order valence-corrected chi connectivity index (χ3v) is 2.55. The predicted octanol–water partition coefficient (Wildman–Crippen LogP) is 1.13. The van der Waals surface area contributed by atoms with Gasteiger partial charge in [0, 0.05) is 19.6 Å². The van der Waals surface area contributed by atoms with Gasteiger partial charge in [0.25, 0.3) is 0 Å². The lowest BCUT2D eigenvalue weighted by molar-refractivity contribution is -0.148. The van der Waals surface area contributed by atoms with Crippen molar-refractivity contribution in [1.29, 1.82) is 0 Å². The summed E-state index contributed by atoms with van der Waals surface area (Å²) in [6, 6.07) is 9.15. The quantitative estimate of drug-likeness (QED) is 0.791. The molecule has 0 aliphatic rings. The third-order valence-electron chi connectivity index (χ3n) is 2.55. The summed E-state index contributed by atoms with van der Waals surface area (Å²) in [7, 11) is 0. The van der Waals surface area contributed by atoms with Gasteiger partial charge in [0.15, 0.2) is 0 Å². The summed E-state index contributed by atoms with van der Waals surface area (Å²) in [6.45, 7) is -1.06. The first-order valence-electron chi connectivity index (χ1n) is 6.20. The molecule has 0 radical (unpaired) electrons. The molecule has 0 saturated heterocycles. The maximum Gasteiger partial charge on any atom is 0.401 e. The summed E-state index contributed by atoms with van der Waals surface area (Å²) in [5.74, 6) is -0.452. The molecule has 1 amide bonds. The largest absolute Gasteiger partial charge is 0.401 e. The van der Waals surface area contributed by atoms with E-state index in [1.54, 1.807) is 0 Å². The van der Waals surface area contributed by atoms with Gasteiger partial charge in [-0.15, -0.1) is 0 Å². The Morgan fingerprint density at radius 1 is 1.25 bits per heavy atom. The molecule has 0 fully saturated rings. The standard InChI is InChI=1S/C13H18F3N3O/c14-13(15,16)10-19(7-6-17)9-12(20)18-8-11-4-2-1-3-5-11/h1-5H,6-10,17H2,(H,18,20). The van der Waals surface area contributed by atoms with Gasteiger partial charge >= 0.3 is 6.18 Å². The lowest BCUT2D eigenvalue weighted by Crippen LogP contribution is -2.43. The molecule has 0 unspecified atom stereocenters. The monoisotopic (exact) mass is 289 g/mol. The normalized spacial score (nSPS) is 11.7. The summed E-state index contributed by atoms with van der Waals surface area (Å²) in [5, 5.41) is 2.58. The van der Waals surface area contributed by atoms with Crippen LogP contribution in [0.1, 0.15) is 5.56 Å². The van der Waals surface area contributed by atoms with E-state index in [-0.39, 0.29) is 19.6 Å². The first-order chi connectivity index (χ1) is 9.40. The minimum absolute atomic E-state index is 0.0261. The molecular weight excluding hydrogens is 271 g/mol. The smallest absolute Gasteiger partial charge is 0.351 e. The fourth-order valence-corrected chi connectivity index (χ4v) is 1.71. The van der Waals surface area contributed by atoms with Gasteiger partial charge in [-0.1, -0.05) is 30.3 Å². The van der Waals surface area contributed by atoms with Crippen molar-refractivity contribution in [3.8, 4) is 0 Å². The number of amides is 1. The molecule has 20 heavy (non-hydrogen) atoms. The van der Waals surface area contributed by atoms with Crippen LogP contribution in [0, 0.1) is 0 Å². The Hall–Kier alpha value is -1.60. The summed E-state index contributed by atoms with van der Waals surface area (Å²) in [6.07, 6.45) is -4.34. The lowest BCUT2D eigenvalue weighted by atomic mass is 10.2. The van der Waals surface area contributed by atoms with Crippen LogP contribution in [0.15, 0.2) is 30.3 Å². The summed E-state index contributed by atoms with van der Waals surface area (Å²) in [5.41, 5.74) is 6.14. The molecule has 0 saturated carbocycles. The van der Waals surface area contributed by atoms with Crippen molar-refractivity contribution in [2.24, 2.45) is 5.73 Å². The highest BCUT2D eigenvalue weighted by Gasteiger charge is 2.31. The van der Waals surface area contributed by atoms with Crippen molar-refractivity contribution in [1.82, 2.24) is 10.2 Å². The fourth-order valence-electron chi connectivity index (χ4n) is 1.71. The molecule has 1 rings (SSSR count). The maximum atomic E-state index is 12.3. The van der Waals surface area contributed by atoms with Crippen molar-refractivity contribution in [3.05, 3.63) is 35.9 Å². The second-order valence-electron chi connectivity index (χ2n) is 4.38. The van der Waals surface area contributed by atoms with E-state index in [1.165, 1.54) is 0 Å². The van der Waals surface area contributed by atoms with E-state index in [9.17, 15) is 18.0 Å². The summed E-state index contributed by atoms with van der Waals surface area (Å²) < 4.78 is 36.9. The van der Waals surface area contributed by atoms with Crippen molar-refractivity contribution < 1.29 is 18.0 Å². The molecule has 1 aromatic rings. The fraction of sp³-hybridized carbons (Fsp3) is 0.462. The van der Waals surface area contributed by atoms with E-state index in [1.807, 2.05) is 30.3 Å². The highest BCUT2D eigenvalue weighted by molar-refractivity contribution is 5.78. The number of rotatable bonds is 7. The minimum Gasteiger partial charge on any atom is -0.351 e. The number of hydrogen-bond donors (Lipinski definition) is 2.